The van der Waals surface area contributed by atoms with Crippen molar-refractivity contribution in [2.45, 2.75) is 0 Å². The van der Waals surface area contributed by atoms with Crippen molar-refractivity contribution in [2.75, 3.05) is 0 Å². The lowest BCUT2D eigenvalue weighted by molar-refractivity contribution is 1.08. The molecule has 6 aromatic carbocycles. The van der Waals surface area contributed by atoms with Crippen molar-refractivity contribution in [3.63, 3.8) is 0 Å². The van der Waals surface area contributed by atoms with Crippen LogP contribution in [0, 0.1) is 0 Å². The number of hydrogen-bond acceptors (Lipinski definition) is 3. The van der Waals surface area contributed by atoms with Crippen molar-refractivity contribution in [2.24, 2.45) is 0 Å². The van der Waals surface area contributed by atoms with Crippen LogP contribution < -0.4 is 0 Å². The molecule has 3 nitrogen and oxygen atoms in total. The molecule has 37 heavy (non-hydrogen) atoms. The van der Waals surface area contributed by atoms with E-state index in [0.717, 1.165) is 38.2 Å². The van der Waals surface area contributed by atoms with Crippen LogP contribution in [0.25, 0.3) is 66.5 Å². The molecule has 7 rings (SSSR count). The van der Waals surface area contributed by atoms with Gasteiger partial charge in [0.1, 0.15) is 0 Å². The Labute approximate surface area is 219 Å². The summed E-state index contributed by atoms with van der Waals surface area (Å²) < 4.78 is 0. The van der Waals surface area contributed by atoms with E-state index >= 15 is 0 Å². The summed E-state index contributed by atoms with van der Waals surface area (Å²) >= 11 is 6.29. The highest BCUT2D eigenvalue weighted by molar-refractivity contribution is 6.31. The molecule has 0 fully saturated rings. The monoisotopic (exact) mass is 493 g/mol. The first-order chi connectivity index (χ1) is 18.2. The smallest absolute Gasteiger partial charge is 0.164 e. The van der Waals surface area contributed by atoms with Crippen LogP contribution in [0.4, 0.5) is 0 Å². The van der Waals surface area contributed by atoms with E-state index in [9.17, 15) is 0 Å². The summed E-state index contributed by atoms with van der Waals surface area (Å²) in [6, 6.07) is 41.2. The van der Waals surface area contributed by atoms with Crippen molar-refractivity contribution < 1.29 is 0 Å². The molecule has 0 aliphatic carbocycles. The highest BCUT2D eigenvalue weighted by atomic mass is 35.5. The molecule has 0 radical (unpaired) electrons. The average Bonchev–Trinajstić information content (AvgIpc) is 2.96. The van der Waals surface area contributed by atoms with Gasteiger partial charge in [0, 0.05) is 21.7 Å². The molecule has 0 aliphatic rings. The van der Waals surface area contributed by atoms with Gasteiger partial charge < -0.3 is 0 Å². The molecule has 1 heterocycles. The van der Waals surface area contributed by atoms with Gasteiger partial charge in [-0.3, -0.25) is 0 Å². The van der Waals surface area contributed by atoms with Gasteiger partial charge in [0.2, 0.25) is 0 Å². The number of halogens is 1. The predicted molar refractivity (Wildman–Crippen MR) is 154 cm³/mol. The molecule has 0 saturated carbocycles. The zero-order chi connectivity index (χ0) is 24.8. The van der Waals surface area contributed by atoms with Crippen LogP contribution in [0.3, 0.4) is 0 Å². The fourth-order valence-corrected chi connectivity index (χ4v) is 5.20. The zero-order valence-electron chi connectivity index (χ0n) is 19.8. The molecular formula is C33H20ClN3. The number of nitrogens with zero attached hydrogens (tertiary/aromatic N) is 3. The lowest BCUT2D eigenvalue weighted by atomic mass is 9.96. The first-order valence-electron chi connectivity index (χ1n) is 12.2. The minimum absolute atomic E-state index is 0.633. The molecule has 0 atom stereocenters. The lowest BCUT2D eigenvalue weighted by Gasteiger charge is -2.13. The Bertz CT molecular complexity index is 1950. The van der Waals surface area contributed by atoms with Crippen LogP contribution in [0.2, 0.25) is 5.02 Å². The van der Waals surface area contributed by atoms with Crippen molar-refractivity contribution >= 4 is 43.9 Å². The second-order valence-electron chi connectivity index (χ2n) is 9.03. The van der Waals surface area contributed by atoms with Gasteiger partial charge in [0.05, 0.1) is 0 Å². The van der Waals surface area contributed by atoms with E-state index in [-0.39, 0.29) is 0 Å². The first kappa shape index (κ1) is 21.7. The van der Waals surface area contributed by atoms with E-state index in [2.05, 4.69) is 66.7 Å². The molecule has 1 aromatic heterocycles. The summed E-state index contributed by atoms with van der Waals surface area (Å²) in [5.74, 6) is 1.93. The standard InChI is InChI=1S/C33H20ClN3/c34-24-17-18-26-22(19-24)12-8-16-29(26)32-35-31(21-9-2-1-3-10-21)36-33(37-32)30-20-23-11-4-5-13-25(23)27-14-6-7-15-28(27)30/h1-20H. The minimum atomic E-state index is 0.633. The summed E-state index contributed by atoms with van der Waals surface area (Å²) in [7, 11) is 0. The molecular weight excluding hydrogens is 474 g/mol. The fraction of sp³-hybridized carbons (Fsp3) is 0. The van der Waals surface area contributed by atoms with Crippen molar-refractivity contribution in [1.29, 1.82) is 0 Å². The van der Waals surface area contributed by atoms with E-state index in [1.807, 2.05) is 54.6 Å². The summed E-state index contributed by atoms with van der Waals surface area (Å²) in [6.07, 6.45) is 0. The topological polar surface area (TPSA) is 38.7 Å². The number of benzene rings is 6. The Kier molecular flexibility index (Phi) is 5.16. The molecule has 0 aliphatic heterocycles. The van der Waals surface area contributed by atoms with Crippen molar-refractivity contribution in [3.05, 3.63) is 126 Å². The number of aromatic nitrogens is 3. The Morgan fingerprint density at radius 3 is 1.86 bits per heavy atom. The van der Waals surface area contributed by atoms with E-state index in [4.69, 9.17) is 26.6 Å². The van der Waals surface area contributed by atoms with Gasteiger partial charge >= 0.3 is 0 Å². The maximum atomic E-state index is 6.29. The third-order valence-corrected chi connectivity index (χ3v) is 6.99. The summed E-state index contributed by atoms with van der Waals surface area (Å²) in [5.41, 5.74) is 2.87. The Balaban J connectivity index is 1.55. The first-order valence-corrected chi connectivity index (χ1v) is 12.5. The Morgan fingerprint density at radius 1 is 0.405 bits per heavy atom. The molecule has 7 aromatic rings. The average molecular weight is 494 g/mol. The maximum Gasteiger partial charge on any atom is 0.164 e. The van der Waals surface area contributed by atoms with Gasteiger partial charge in [-0.25, -0.2) is 15.0 Å². The van der Waals surface area contributed by atoms with E-state index < -0.39 is 0 Å². The van der Waals surface area contributed by atoms with Gasteiger partial charge in [-0.15, -0.1) is 0 Å². The van der Waals surface area contributed by atoms with Crippen LogP contribution >= 0.6 is 11.6 Å². The van der Waals surface area contributed by atoms with Gasteiger partial charge in [0.25, 0.3) is 0 Å². The SMILES string of the molecule is Clc1ccc2c(-c3nc(-c4ccccc4)nc(-c4cc5ccccc5c5ccccc45)n3)cccc2c1. The summed E-state index contributed by atoms with van der Waals surface area (Å²) in [5, 5.41) is 7.45. The van der Waals surface area contributed by atoms with Gasteiger partial charge in [-0.05, 0) is 50.5 Å². The van der Waals surface area contributed by atoms with Gasteiger partial charge in [-0.1, -0.05) is 115 Å². The predicted octanol–water partition coefficient (Wildman–Crippen LogP) is 8.99. The third kappa shape index (κ3) is 3.81. The molecule has 174 valence electrons. The third-order valence-electron chi connectivity index (χ3n) is 6.76. The van der Waals surface area contributed by atoms with Crippen LogP contribution in [0.15, 0.2) is 121 Å². The molecule has 0 spiro atoms. The Hall–Kier alpha value is -4.60. The van der Waals surface area contributed by atoms with Crippen molar-refractivity contribution in [1.82, 2.24) is 15.0 Å². The second-order valence-corrected chi connectivity index (χ2v) is 9.47. The highest BCUT2D eigenvalue weighted by Crippen LogP contribution is 2.36. The van der Waals surface area contributed by atoms with E-state index in [1.54, 1.807) is 0 Å². The minimum Gasteiger partial charge on any atom is -0.208 e. The van der Waals surface area contributed by atoms with E-state index in [0.29, 0.717) is 22.5 Å². The van der Waals surface area contributed by atoms with Crippen LogP contribution in [0.5, 0.6) is 0 Å². The van der Waals surface area contributed by atoms with Crippen LogP contribution in [0.1, 0.15) is 0 Å². The second kappa shape index (κ2) is 8.81. The highest BCUT2D eigenvalue weighted by Gasteiger charge is 2.17. The fourth-order valence-electron chi connectivity index (χ4n) is 5.02. The zero-order valence-corrected chi connectivity index (χ0v) is 20.5. The van der Waals surface area contributed by atoms with Gasteiger partial charge in [-0.2, -0.15) is 0 Å². The van der Waals surface area contributed by atoms with E-state index in [1.165, 1.54) is 10.8 Å². The molecule has 0 bridgehead atoms. The molecule has 0 N–H and O–H groups in total. The number of rotatable bonds is 3. The van der Waals surface area contributed by atoms with Gasteiger partial charge in [0.15, 0.2) is 17.5 Å². The number of fused-ring (bicyclic) bond motifs is 4. The van der Waals surface area contributed by atoms with Crippen molar-refractivity contribution in [3.8, 4) is 34.2 Å². The maximum absolute atomic E-state index is 6.29. The summed E-state index contributed by atoms with van der Waals surface area (Å²) in [4.78, 5) is 15.0. The lowest BCUT2D eigenvalue weighted by Crippen LogP contribution is -2.01. The van der Waals surface area contributed by atoms with Crippen LogP contribution in [-0.4, -0.2) is 15.0 Å². The normalized spacial score (nSPS) is 11.4. The van der Waals surface area contributed by atoms with Crippen LogP contribution in [-0.2, 0) is 0 Å². The molecule has 0 saturated heterocycles. The molecule has 0 unspecified atom stereocenters. The largest absolute Gasteiger partial charge is 0.208 e. The Morgan fingerprint density at radius 2 is 1.03 bits per heavy atom. The quantitative estimate of drug-likeness (QED) is 0.230. The number of hydrogen-bond donors (Lipinski definition) is 0. The molecule has 4 heteroatoms. The molecule has 0 amide bonds. The summed E-state index contributed by atoms with van der Waals surface area (Å²) in [6.45, 7) is 0.